The van der Waals surface area contributed by atoms with Crippen LogP contribution in [0.4, 0.5) is 0 Å². The van der Waals surface area contributed by atoms with Crippen molar-refractivity contribution in [3.05, 3.63) is 0 Å². The Balaban J connectivity index is 1.86. The molecule has 0 aliphatic carbocycles. The Hall–Kier alpha value is -1.83. The van der Waals surface area contributed by atoms with Crippen molar-refractivity contribution in [3.63, 3.8) is 0 Å². The number of aliphatic imine (C=N–C) groups is 1. The fraction of sp³-hybridized carbons (Fsp3) is 0.833. The third-order valence-corrected chi connectivity index (χ3v) is 5.02. The van der Waals surface area contributed by atoms with Crippen LogP contribution in [0, 0.1) is 0 Å². The van der Waals surface area contributed by atoms with Gasteiger partial charge in [0.2, 0.25) is 11.8 Å². The van der Waals surface area contributed by atoms with Gasteiger partial charge in [-0.15, -0.1) is 0 Å². The topological polar surface area (TPSA) is 80.3 Å². The van der Waals surface area contributed by atoms with Gasteiger partial charge in [0.15, 0.2) is 5.96 Å². The highest BCUT2D eigenvalue weighted by atomic mass is 16.2. The van der Waals surface area contributed by atoms with E-state index in [9.17, 15) is 9.59 Å². The fourth-order valence-corrected chi connectivity index (χ4v) is 3.50. The number of likely N-dealkylation sites (tertiary alicyclic amines) is 1. The first-order valence-corrected chi connectivity index (χ1v) is 9.89. The molecule has 8 heteroatoms. The molecule has 1 atom stereocenters. The number of hydrogen-bond donors (Lipinski definition) is 2. The zero-order valence-corrected chi connectivity index (χ0v) is 16.5. The second-order valence-electron chi connectivity index (χ2n) is 6.86. The maximum Gasteiger partial charge on any atom is 0.241 e. The van der Waals surface area contributed by atoms with Crippen LogP contribution in [-0.2, 0) is 9.59 Å². The standard InChI is InChI=1S/C18H34N6O2/c1-4-19-16(25)14-21-18(20-5-2)24-12-10-22(11-13-24)15(3)17(26)23-8-6-7-9-23/h15H,4-14H2,1-3H3,(H,19,25)(H,20,21). The third-order valence-electron chi connectivity index (χ3n) is 5.02. The quantitative estimate of drug-likeness (QED) is 0.499. The molecule has 0 spiro atoms. The number of nitrogens with zero attached hydrogens (tertiary/aromatic N) is 4. The van der Waals surface area contributed by atoms with Crippen molar-refractivity contribution in [2.75, 3.05) is 58.9 Å². The maximum absolute atomic E-state index is 12.6. The largest absolute Gasteiger partial charge is 0.357 e. The molecule has 0 aromatic heterocycles. The number of carbonyl (C=O) groups is 2. The van der Waals surface area contributed by atoms with E-state index in [1.807, 2.05) is 25.7 Å². The summed E-state index contributed by atoms with van der Waals surface area (Å²) in [5, 5.41) is 6.03. The Kier molecular flexibility index (Phi) is 8.15. The molecule has 2 amide bonds. The van der Waals surface area contributed by atoms with E-state index in [0.29, 0.717) is 6.54 Å². The van der Waals surface area contributed by atoms with Gasteiger partial charge in [-0.1, -0.05) is 0 Å². The van der Waals surface area contributed by atoms with E-state index in [2.05, 4.69) is 25.4 Å². The average molecular weight is 367 g/mol. The maximum atomic E-state index is 12.6. The number of hydrogen-bond acceptors (Lipinski definition) is 4. The average Bonchev–Trinajstić information content (AvgIpc) is 3.19. The minimum atomic E-state index is -0.0647. The van der Waals surface area contributed by atoms with Crippen LogP contribution in [0.1, 0.15) is 33.6 Å². The predicted molar refractivity (Wildman–Crippen MR) is 103 cm³/mol. The molecule has 1 unspecified atom stereocenters. The van der Waals surface area contributed by atoms with E-state index in [1.54, 1.807) is 0 Å². The Labute approximate surface area is 157 Å². The van der Waals surface area contributed by atoms with Gasteiger partial charge in [-0.05, 0) is 33.6 Å². The molecule has 0 aromatic rings. The second kappa shape index (κ2) is 10.4. The summed E-state index contributed by atoms with van der Waals surface area (Å²) in [5.41, 5.74) is 0. The highest BCUT2D eigenvalue weighted by molar-refractivity contribution is 5.85. The van der Waals surface area contributed by atoms with Crippen LogP contribution in [-0.4, -0.2) is 97.4 Å². The molecule has 2 N–H and O–H groups in total. The molecule has 2 saturated heterocycles. The number of guanidine groups is 1. The van der Waals surface area contributed by atoms with Gasteiger partial charge in [0.25, 0.3) is 0 Å². The molecular formula is C18H34N6O2. The van der Waals surface area contributed by atoms with Crippen LogP contribution in [0.25, 0.3) is 0 Å². The summed E-state index contributed by atoms with van der Waals surface area (Å²) in [7, 11) is 0. The first kappa shape index (κ1) is 20.5. The number of amides is 2. The summed E-state index contributed by atoms with van der Waals surface area (Å²) in [6.07, 6.45) is 2.25. The summed E-state index contributed by atoms with van der Waals surface area (Å²) >= 11 is 0. The van der Waals surface area contributed by atoms with Gasteiger partial charge in [-0.3, -0.25) is 14.5 Å². The van der Waals surface area contributed by atoms with Gasteiger partial charge < -0.3 is 20.4 Å². The monoisotopic (exact) mass is 366 g/mol. The molecule has 2 aliphatic heterocycles. The van der Waals surface area contributed by atoms with Crippen molar-refractivity contribution >= 4 is 17.8 Å². The van der Waals surface area contributed by atoms with Gasteiger partial charge in [0.1, 0.15) is 6.54 Å². The van der Waals surface area contributed by atoms with E-state index < -0.39 is 0 Å². The third kappa shape index (κ3) is 5.59. The molecule has 0 saturated carbocycles. The summed E-state index contributed by atoms with van der Waals surface area (Å²) in [4.78, 5) is 35.1. The predicted octanol–water partition coefficient (Wildman–Crippen LogP) is -0.283. The molecule has 8 nitrogen and oxygen atoms in total. The van der Waals surface area contributed by atoms with Crippen LogP contribution < -0.4 is 10.6 Å². The lowest BCUT2D eigenvalue weighted by atomic mass is 10.2. The van der Waals surface area contributed by atoms with Crippen LogP contribution in [0.5, 0.6) is 0 Å². The van der Waals surface area contributed by atoms with Crippen molar-refractivity contribution in [3.8, 4) is 0 Å². The molecule has 2 aliphatic rings. The lowest BCUT2D eigenvalue weighted by Gasteiger charge is -2.39. The summed E-state index contributed by atoms with van der Waals surface area (Å²) < 4.78 is 0. The lowest BCUT2D eigenvalue weighted by Crippen LogP contribution is -2.57. The summed E-state index contributed by atoms with van der Waals surface area (Å²) in [5.74, 6) is 0.969. The second-order valence-corrected chi connectivity index (χ2v) is 6.86. The smallest absolute Gasteiger partial charge is 0.241 e. The molecule has 0 aromatic carbocycles. The fourth-order valence-electron chi connectivity index (χ4n) is 3.50. The zero-order valence-electron chi connectivity index (χ0n) is 16.5. The molecular weight excluding hydrogens is 332 g/mol. The van der Waals surface area contributed by atoms with E-state index in [0.717, 1.165) is 64.6 Å². The Morgan fingerprint density at radius 3 is 2.12 bits per heavy atom. The Bertz CT molecular complexity index is 496. The van der Waals surface area contributed by atoms with Gasteiger partial charge >= 0.3 is 0 Å². The lowest BCUT2D eigenvalue weighted by molar-refractivity contribution is -0.135. The number of carbonyl (C=O) groups excluding carboxylic acids is 2. The van der Waals surface area contributed by atoms with E-state index in [-0.39, 0.29) is 24.4 Å². The number of piperazine rings is 1. The van der Waals surface area contributed by atoms with Crippen molar-refractivity contribution in [1.82, 2.24) is 25.3 Å². The number of nitrogens with one attached hydrogen (secondary N) is 2. The molecule has 0 radical (unpaired) electrons. The first-order valence-electron chi connectivity index (χ1n) is 9.89. The minimum absolute atomic E-state index is 0.0635. The van der Waals surface area contributed by atoms with Gasteiger partial charge in [0.05, 0.1) is 6.04 Å². The first-order chi connectivity index (χ1) is 12.6. The Morgan fingerprint density at radius 1 is 0.923 bits per heavy atom. The highest BCUT2D eigenvalue weighted by Crippen LogP contribution is 2.14. The minimum Gasteiger partial charge on any atom is -0.357 e. The van der Waals surface area contributed by atoms with Crippen molar-refractivity contribution in [2.24, 2.45) is 4.99 Å². The van der Waals surface area contributed by atoms with Gasteiger partial charge in [-0.25, -0.2) is 4.99 Å². The van der Waals surface area contributed by atoms with Crippen LogP contribution in [0.15, 0.2) is 4.99 Å². The highest BCUT2D eigenvalue weighted by Gasteiger charge is 2.30. The molecule has 2 heterocycles. The van der Waals surface area contributed by atoms with Crippen LogP contribution >= 0.6 is 0 Å². The Morgan fingerprint density at radius 2 is 1.54 bits per heavy atom. The molecule has 148 valence electrons. The van der Waals surface area contributed by atoms with Crippen LogP contribution in [0.2, 0.25) is 0 Å². The number of likely N-dealkylation sites (N-methyl/N-ethyl adjacent to an activating group) is 1. The molecule has 0 bridgehead atoms. The van der Waals surface area contributed by atoms with Crippen molar-refractivity contribution in [2.45, 2.75) is 39.7 Å². The van der Waals surface area contributed by atoms with Crippen molar-refractivity contribution < 1.29 is 9.59 Å². The summed E-state index contributed by atoms with van der Waals surface area (Å²) in [6.45, 7) is 12.5. The molecule has 26 heavy (non-hydrogen) atoms. The van der Waals surface area contributed by atoms with E-state index in [4.69, 9.17) is 0 Å². The SMILES string of the molecule is CCNC(=O)CN=C(NCC)N1CCN(C(C)C(=O)N2CCCC2)CC1. The van der Waals surface area contributed by atoms with Crippen molar-refractivity contribution in [1.29, 1.82) is 0 Å². The van der Waals surface area contributed by atoms with E-state index in [1.165, 1.54) is 0 Å². The van der Waals surface area contributed by atoms with Crippen LogP contribution in [0.3, 0.4) is 0 Å². The normalized spacial score (nSPS) is 20.2. The van der Waals surface area contributed by atoms with Gasteiger partial charge in [0, 0.05) is 52.4 Å². The summed E-state index contributed by atoms with van der Waals surface area (Å²) in [6, 6.07) is -0.0647. The molecule has 2 rings (SSSR count). The van der Waals surface area contributed by atoms with E-state index >= 15 is 0 Å². The number of rotatable bonds is 6. The van der Waals surface area contributed by atoms with Gasteiger partial charge in [-0.2, -0.15) is 0 Å². The zero-order chi connectivity index (χ0) is 18.9. The molecule has 2 fully saturated rings.